The standard InChI is InChI=1S/C15H12BrN3O/c16-13-5-1-11(2-6-13)4-8-15(20)19-14-7-3-12(9-17)10-18-14/h1-3,5-7,10H,4,8H2,(H,18,19,20). The maximum absolute atomic E-state index is 11.8. The lowest BCUT2D eigenvalue weighted by Crippen LogP contribution is -2.13. The first-order valence-electron chi connectivity index (χ1n) is 6.08. The monoisotopic (exact) mass is 329 g/mol. The molecule has 0 bridgehead atoms. The zero-order valence-corrected chi connectivity index (χ0v) is 12.2. The van der Waals surface area contributed by atoms with Crippen molar-refractivity contribution in [1.29, 1.82) is 5.26 Å². The minimum atomic E-state index is -0.0925. The Labute approximate surface area is 125 Å². The van der Waals surface area contributed by atoms with Crippen LogP contribution in [-0.4, -0.2) is 10.9 Å². The van der Waals surface area contributed by atoms with Gasteiger partial charge in [0.05, 0.1) is 5.56 Å². The lowest BCUT2D eigenvalue weighted by Gasteiger charge is -2.04. The average Bonchev–Trinajstić information content (AvgIpc) is 2.47. The molecule has 4 nitrogen and oxygen atoms in total. The number of nitrogens with one attached hydrogen (secondary N) is 1. The van der Waals surface area contributed by atoms with Crippen LogP contribution in [0.3, 0.4) is 0 Å². The fraction of sp³-hybridized carbons (Fsp3) is 0.133. The van der Waals surface area contributed by atoms with Crippen LogP contribution in [0, 0.1) is 11.3 Å². The van der Waals surface area contributed by atoms with Gasteiger partial charge in [0.1, 0.15) is 11.9 Å². The second-order valence-electron chi connectivity index (χ2n) is 4.22. The number of aryl methyl sites for hydroxylation is 1. The molecule has 20 heavy (non-hydrogen) atoms. The zero-order chi connectivity index (χ0) is 14.4. The summed E-state index contributed by atoms with van der Waals surface area (Å²) in [6.45, 7) is 0. The van der Waals surface area contributed by atoms with Gasteiger partial charge < -0.3 is 5.32 Å². The van der Waals surface area contributed by atoms with Crippen LogP contribution in [0.2, 0.25) is 0 Å². The third kappa shape index (κ3) is 4.18. The maximum atomic E-state index is 11.8. The van der Waals surface area contributed by atoms with Crippen LogP contribution >= 0.6 is 15.9 Å². The fourth-order valence-electron chi connectivity index (χ4n) is 1.65. The van der Waals surface area contributed by atoms with Crippen LogP contribution in [0.1, 0.15) is 17.5 Å². The first-order chi connectivity index (χ1) is 9.67. The van der Waals surface area contributed by atoms with Crippen molar-refractivity contribution >= 4 is 27.7 Å². The van der Waals surface area contributed by atoms with Crippen LogP contribution in [0.15, 0.2) is 47.1 Å². The number of halogens is 1. The quantitative estimate of drug-likeness (QED) is 0.935. The third-order valence-corrected chi connectivity index (χ3v) is 3.24. The van der Waals surface area contributed by atoms with Crippen LogP contribution < -0.4 is 5.32 Å². The predicted molar refractivity (Wildman–Crippen MR) is 80.0 cm³/mol. The first kappa shape index (κ1) is 14.2. The van der Waals surface area contributed by atoms with Gasteiger partial charge in [-0.05, 0) is 36.2 Å². The van der Waals surface area contributed by atoms with Gasteiger partial charge in [0.15, 0.2) is 0 Å². The molecule has 0 fully saturated rings. The molecule has 1 amide bonds. The number of hydrogen-bond acceptors (Lipinski definition) is 3. The van der Waals surface area contributed by atoms with Crippen molar-refractivity contribution in [3.8, 4) is 6.07 Å². The van der Waals surface area contributed by atoms with Gasteiger partial charge in [0.2, 0.25) is 5.91 Å². The first-order valence-corrected chi connectivity index (χ1v) is 6.87. The molecule has 0 aliphatic rings. The lowest BCUT2D eigenvalue weighted by molar-refractivity contribution is -0.116. The van der Waals surface area contributed by atoms with Gasteiger partial charge in [-0.2, -0.15) is 5.26 Å². The van der Waals surface area contributed by atoms with E-state index in [-0.39, 0.29) is 5.91 Å². The second kappa shape index (κ2) is 6.83. The number of benzene rings is 1. The summed E-state index contributed by atoms with van der Waals surface area (Å²) in [6.07, 6.45) is 2.50. The van der Waals surface area contributed by atoms with Gasteiger partial charge in [-0.3, -0.25) is 4.79 Å². The summed E-state index contributed by atoms with van der Waals surface area (Å²) in [7, 11) is 0. The van der Waals surface area contributed by atoms with Crippen molar-refractivity contribution in [1.82, 2.24) is 4.98 Å². The van der Waals surface area contributed by atoms with E-state index in [1.807, 2.05) is 30.3 Å². The summed E-state index contributed by atoms with van der Waals surface area (Å²) in [6, 6.07) is 13.1. The molecule has 0 aliphatic heterocycles. The molecule has 100 valence electrons. The van der Waals surface area contributed by atoms with E-state index in [0.29, 0.717) is 24.2 Å². The van der Waals surface area contributed by atoms with Gasteiger partial charge in [-0.1, -0.05) is 28.1 Å². The van der Waals surface area contributed by atoms with E-state index in [1.165, 1.54) is 6.20 Å². The summed E-state index contributed by atoms with van der Waals surface area (Å²) in [5, 5.41) is 11.4. The number of rotatable bonds is 4. The van der Waals surface area contributed by atoms with E-state index in [0.717, 1.165) is 10.0 Å². The summed E-state index contributed by atoms with van der Waals surface area (Å²) in [5.74, 6) is 0.370. The van der Waals surface area contributed by atoms with Crippen LogP contribution in [-0.2, 0) is 11.2 Å². The van der Waals surface area contributed by atoms with Gasteiger partial charge in [-0.25, -0.2) is 4.98 Å². The Morgan fingerprint density at radius 3 is 2.60 bits per heavy atom. The summed E-state index contributed by atoms with van der Waals surface area (Å²) in [4.78, 5) is 15.8. The van der Waals surface area contributed by atoms with Crippen molar-refractivity contribution < 1.29 is 4.79 Å². The molecule has 1 aromatic heterocycles. The molecule has 0 saturated heterocycles. The topological polar surface area (TPSA) is 65.8 Å². The number of amides is 1. The molecule has 1 N–H and O–H groups in total. The number of carbonyl (C=O) groups excluding carboxylic acids is 1. The van der Waals surface area contributed by atoms with E-state index < -0.39 is 0 Å². The molecule has 0 atom stereocenters. The number of anilines is 1. The molecular weight excluding hydrogens is 318 g/mol. The molecule has 2 rings (SSSR count). The largest absolute Gasteiger partial charge is 0.311 e. The molecule has 1 heterocycles. The highest BCUT2D eigenvalue weighted by Gasteiger charge is 2.04. The summed E-state index contributed by atoms with van der Waals surface area (Å²) < 4.78 is 1.02. The van der Waals surface area contributed by atoms with Crippen molar-refractivity contribution in [2.45, 2.75) is 12.8 Å². The number of carbonyl (C=O) groups is 1. The Hall–Kier alpha value is -2.19. The summed E-state index contributed by atoms with van der Waals surface area (Å²) in [5.41, 5.74) is 1.58. The number of aromatic nitrogens is 1. The SMILES string of the molecule is N#Cc1ccc(NC(=O)CCc2ccc(Br)cc2)nc1. The van der Waals surface area contributed by atoms with Crippen molar-refractivity contribution in [3.63, 3.8) is 0 Å². The second-order valence-corrected chi connectivity index (χ2v) is 5.13. The highest BCUT2D eigenvalue weighted by Crippen LogP contribution is 2.12. The van der Waals surface area contributed by atoms with E-state index in [1.54, 1.807) is 12.1 Å². The van der Waals surface area contributed by atoms with Gasteiger partial charge in [0, 0.05) is 17.1 Å². The van der Waals surface area contributed by atoms with Crippen molar-refractivity contribution in [2.75, 3.05) is 5.32 Å². The number of hydrogen-bond donors (Lipinski definition) is 1. The maximum Gasteiger partial charge on any atom is 0.225 e. The third-order valence-electron chi connectivity index (χ3n) is 2.71. The Morgan fingerprint density at radius 2 is 2.00 bits per heavy atom. The molecule has 0 saturated carbocycles. The van der Waals surface area contributed by atoms with Crippen LogP contribution in [0.5, 0.6) is 0 Å². The molecule has 5 heteroatoms. The summed E-state index contributed by atoms with van der Waals surface area (Å²) >= 11 is 3.37. The fourth-order valence-corrected chi connectivity index (χ4v) is 1.91. The van der Waals surface area contributed by atoms with Gasteiger partial charge in [0.25, 0.3) is 0 Å². The molecule has 0 unspecified atom stereocenters. The Kier molecular flexibility index (Phi) is 4.85. The number of pyridine rings is 1. The van der Waals surface area contributed by atoms with E-state index in [4.69, 9.17) is 5.26 Å². The normalized spacial score (nSPS) is 9.80. The number of nitrogens with zero attached hydrogens (tertiary/aromatic N) is 2. The highest BCUT2D eigenvalue weighted by atomic mass is 79.9. The lowest BCUT2D eigenvalue weighted by atomic mass is 10.1. The van der Waals surface area contributed by atoms with Crippen LogP contribution in [0.4, 0.5) is 5.82 Å². The van der Waals surface area contributed by atoms with E-state index in [9.17, 15) is 4.79 Å². The molecule has 0 spiro atoms. The van der Waals surface area contributed by atoms with Gasteiger partial charge >= 0.3 is 0 Å². The Morgan fingerprint density at radius 1 is 1.25 bits per heavy atom. The number of nitriles is 1. The highest BCUT2D eigenvalue weighted by molar-refractivity contribution is 9.10. The average molecular weight is 330 g/mol. The molecule has 2 aromatic rings. The molecule has 0 aliphatic carbocycles. The zero-order valence-electron chi connectivity index (χ0n) is 10.6. The Balaban J connectivity index is 1.86. The van der Waals surface area contributed by atoms with Crippen LogP contribution in [0.25, 0.3) is 0 Å². The minimum Gasteiger partial charge on any atom is -0.311 e. The Bertz CT molecular complexity index is 630. The molecule has 1 aromatic carbocycles. The predicted octanol–water partition coefficient (Wildman–Crippen LogP) is 3.29. The van der Waals surface area contributed by atoms with Gasteiger partial charge in [-0.15, -0.1) is 0 Å². The van der Waals surface area contributed by atoms with E-state index >= 15 is 0 Å². The smallest absolute Gasteiger partial charge is 0.225 e. The van der Waals surface area contributed by atoms with Crippen molar-refractivity contribution in [2.24, 2.45) is 0 Å². The minimum absolute atomic E-state index is 0.0925. The van der Waals surface area contributed by atoms with E-state index in [2.05, 4.69) is 26.2 Å². The molecular formula is C15H12BrN3O. The molecule has 0 radical (unpaired) electrons. The van der Waals surface area contributed by atoms with Crippen molar-refractivity contribution in [3.05, 3.63) is 58.2 Å².